The molecule has 35 heavy (non-hydrogen) atoms. The molecule has 4 atom stereocenters. The summed E-state index contributed by atoms with van der Waals surface area (Å²) >= 11 is 3.29. The summed E-state index contributed by atoms with van der Waals surface area (Å²) in [5.74, 6) is 0.329. The second kappa shape index (κ2) is 8.32. The first kappa shape index (κ1) is 25.7. The summed E-state index contributed by atoms with van der Waals surface area (Å²) in [6, 6.07) is 0. The lowest BCUT2D eigenvalue weighted by atomic mass is 9.92. The molecule has 12 nitrogen and oxygen atoms in total. The zero-order valence-corrected chi connectivity index (χ0v) is 23.3. The van der Waals surface area contributed by atoms with Crippen LogP contribution < -0.4 is 0 Å². The van der Waals surface area contributed by atoms with Crippen molar-refractivity contribution in [2.24, 2.45) is 0 Å². The number of sulfone groups is 1. The molecular formula is C20H18I2N6O6S. The molecule has 0 spiro atoms. The van der Waals surface area contributed by atoms with Gasteiger partial charge in [0.2, 0.25) is 0 Å². The lowest BCUT2D eigenvalue weighted by molar-refractivity contribution is -0.501. The van der Waals surface area contributed by atoms with E-state index in [0.717, 1.165) is 0 Å². The Kier molecular flexibility index (Phi) is 6.11. The molecule has 2 aliphatic carbocycles. The average molecular weight is 724 g/mol. The number of halogens is 2. The van der Waals surface area contributed by atoms with Crippen molar-refractivity contribution < 1.29 is 18.3 Å². The molecule has 4 rings (SSSR count). The highest BCUT2D eigenvalue weighted by atomic mass is 127. The van der Waals surface area contributed by atoms with Crippen molar-refractivity contribution in [1.29, 1.82) is 0 Å². The van der Waals surface area contributed by atoms with Crippen LogP contribution in [0.15, 0.2) is 61.2 Å². The van der Waals surface area contributed by atoms with Crippen molar-refractivity contribution >= 4 is 66.2 Å². The van der Waals surface area contributed by atoms with Crippen molar-refractivity contribution in [3.8, 4) is 0 Å². The minimum atomic E-state index is -4.25. The zero-order chi connectivity index (χ0) is 25.9. The third-order valence-electron chi connectivity index (χ3n) is 6.08. The Morgan fingerprint density at radius 1 is 0.800 bits per heavy atom. The van der Waals surface area contributed by atoms with Crippen molar-refractivity contribution in [2.75, 3.05) is 0 Å². The molecule has 2 aliphatic rings. The first-order chi connectivity index (χ1) is 16.2. The maximum atomic E-state index is 14.2. The molecule has 0 unspecified atom stereocenters. The molecule has 0 aromatic carbocycles. The Hall–Kier alpha value is -2.41. The van der Waals surface area contributed by atoms with Crippen molar-refractivity contribution in [3.05, 3.63) is 93.1 Å². The quantitative estimate of drug-likeness (QED) is 0.114. The minimum absolute atomic E-state index is 0.0776. The highest BCUT2D eigenvalue weighted by Crippen LogP contribution is 2.49. The van der Waals surface area contributed by atoms with Gasteiger partial charge in [0.05, 0.1) is 11.1 Å². The number of rotatable bonds is 6. The fourth-order valence-electron chi connectivity index (χ4n) is 4.02. The van der Waals surface area contributed by atoms with Gasteiger partial charge in [-0.1, -0.05) is 12.2 Å². The van der Waals surface area contributed by atoms with Crippen LogP contribution in [-0.2, 0) is 9.84 Å². The van der Waals surface area contributed by atoms with E-state index in [1.165, 1.54) is 75.1 Å². The lowest BCUT2D eigenvalue weighted by Crippen LogP contribution is -2.50. The smallest absolute Gasteiger partial charge is 0.315 e. The number of nitrogens with one attached hydrogen (secondary N) is 2. The van der Waals surface area contributed by atoms with Gasteiger partial charge >= 0.3 is 7.09 Å². The molecule has 0 amide bonds. The summed E-state index contributed by atoms with van der Waals surface area (Å²) in [5.41, 5.74) is 0.155. The van der Waals surface area contributed by atoms with E-state index >= 15 is 0 Å². The number of hydrogen-bond acceptors (Lipinski definition) is 8. The van der Waals surface area contributed by atoms with Crippen LogP contribution >= 0.6 is 45.2 Å². The average Bonchev–Trinajstić information content (AvgIpc) is 3.51. The van der Waals surface area contributed by atoms with Crippen LogP contribution in [0.3, 0.4) is 0 Å². The molecule has 0 radical (unpaired) electrons. The van der Waals surface area contributed by atoms with Gasteiger partial charge in [0.1, 0.15) is 21.1 Å². The number of nitro groups is 2. The third kappa shape index (κ3) is 3.78. The fraction of sp³-hybridized carbons (Fsp3) is 0.300. The summed E-state index contributed by atoms with van der Waals surface area (Å²) in [5, 5.41) is 23.9. The van der Waals surface area contributed by atoms with Gasteiger partial charge in [-0.2, -0.15) is 0 Å². The van der Waals surface area contributed by atoms with Crippen molar-refractivity contribution in [2.45, 2.75) is 30.4 Å². The van der Waals surface area contributed by atoms with E-state index in [-0.39, 0.29) is 22.8 Å². The normalized spacial score (nSPS) is 32.7. The molecule has 15 heteroatoms. The van der Waals surface area contributed by atoms with Crippen molar-refractivity contribution in [1.82, 2.24) is 19.9 Å². The number of hydrogen-bond donors (Lipinski definition) is 2. The predicted molar refractivity (Wildman–Crippen MR) is 145 cm³/mol. The van der Waals surface area contributed by atoms with E-state index < -0.39 is 36.3 Å². The van der Waals surface area contributed by atoms with Gasteiger partial charge in [-0.3, -0.25) is 20.2 Å². The molecule has 2 heterocycles. The summed E-state index contributed by atoms with van der Waals surface area (Å²) in [6.07, 6.45) is 13.5. The van der Waals surface area contributed by atoms with E-state index in [0.29, 0.717) is 0 Å². The van der Waals surface area contributed by atoms with Gasteiger partial charge in [0, 0.05) is 92.0 Å². The van der Waals surface area contributed by atoms with Gasteiger partial charge in [-0.15, -0.1) is 0 Å². The number of H-pyrrole nitrogens is 2. The highest BCUT2D eigenvalue weighted by molar-refractivity contribution is 14.1. The number of aromatic nitrogens is 4. The van der Waals surface area contributed by atoms with E-state index in [4.69, 9.17) is 0 Å². The summed E-state index contributed by atoms with van der Waals surface area (Å²) < 4.78 is 21.5. The maximum Gasteiger partial charge on any atom is 0.315 e. The van der Waals surface area contributed by atoms with Gasteiger partial charge in [0.25, 0.3) is 0 Å². The van der Waals surface area contributed by atoms with Gasteiger partial charge in [0.15, 0.2) is 9.84 Å². The van der Waals surface area contributed by atoms with E-state index in [1.54, 1.807) is 45.2 Å². The molecule has 2 aromatic rings. The first-order valence-electron chi connectivity index (χ1n) is 9.98. The van der Waals surface area contributed by atoms with Crippen LogP contribution in [0.2, 0.25) is 0 Å². The molecule has 2 N–H and O–H groups in total. The molecule has 0 aliphatic heterocycles. The number of imidazole rings is 2. The Bertz CT molecular complexity index is 1330. The molecular weight excluding hydrogens is 706 g/mol. The van der Waals surface area contributed by atoms with Gasteiger partial charge < -0.3 is 9.97 Å². The van der Waals surface area contributed by atoms with E-state index in [1.807, 2.05) is 0 Å². The zero-order valence-electron chi connectivity index (χ0n) is 18.2. The maximum absolute atomic E-state index is 14.2. The molecule has 0 fully saturated rings. The summed E-state index contributed by atoms with van der Waals surface area (Å²) in [6.45, 7) is 2.85. The minimum Gasteiger partial charge on any atom is -0.345 e. The van der Waals surface area contributed by atoms with Crippen LogP contribution in [0.5, 0.6) is 0 Å². The highest BCUT2D eigenvalue weighted by Gasteiger charge is 2.57. The second-order valence-electron chi connectivity index (χ2n) is 8.39. The number of aromatic amines is 2. The van der Waals surface area contributed by atoms with Crippen LogP contribution in [-0.4, -0.2) is 54.8 Å². The summed E-state index contributed by atoms with van der Waals surface area (Å²) in [4.78, 5) is 36.7. The number of alkyl halides is 2. The van der Waals surface area contributed by atoms with Gasteiger partial charge in [-0.05, 0) is 26.0 Å². The molecule has 0 saturated heterocycles. The van der Waals surface area contributed by atoms with E-state index in [2.05, 4.69) is 19.9 Å². The monoisotopic (exact) mass is 724 g/mol. The standard InChI is InChI=1S/C20H18I2N6O6S/c1-17(3-5-19(21,27(29)30)13(11-17)15-23-7-8-24-15)35(33,34)18(2)4-6-20(22,28(31)32)14(12-18)16-25-9-10-26-16/h3-12H,1-2H3,(H,23,24)(H,25,26)/t17-,18+,19-,20-/m1/s1. The Morgan fingerprint density at radius 3 is 1.46 bits per heavy atom. The topological polar surface area (TPSA) is 178 Å². The van der Waals surface area contributed by atoms with Crippen LogP contribution in [0.1, 0.15) is 25.5 Å². The first-order valence-corrected chi connectivity index (χ1v) is 13.6. The van der Waals surface area contributed by atoms with Crippen molar-refractivity contribution in [3.63, 3.8) is 0 Å². The Balaban J connectivity index is 1.91. The molecule has 0 bridgehead atoms. The fourth-order valence-corrected chi connectivity index (χ4v) is 7.19. The third-order valence-corrected chi connectivity index (χ3v) is 11.6. The van der Waals surface area contributed by atoms with Gasteiger partial charge in [-0.25, -0.2) is 18.4 Å². The molecule has 0 saturated carbocycles. The predicted octanol–water partition coefficient (Wildman–Crippen LogP) is 3.49. The van der Waals surface area contributed by atoms with Crippen LogP contribution in [0.25, 0.3) is 11.1 Å². The Morgan fingerprint density at radius 2 is 1.17 bits per heavy atom. The van der Waals surface area contributed by atoms with Crippen LogP contribution in [0.4, 0.5) is 0 Å². The number of nitrogens with zero attached hydrogens (tertiary/aromatic N) is 4. The largest absolute Gasteiger partial charge is 0.345 e. The second-order valence-corrected chi connectivity index (χ2v) is 14.4. The van der Waals surface area contributed by atoms with E-state index in [9.17, 15) is 28.6 Å². The molecule has 184 valence electrons. The molecule has 2 aromatic heterocycles. The van der Waals surface area contributed by atoms with Crippen LogP contribution in [0, 0.1) is 20.2 Å². The lowest BCUT2D eigenvalue weighted by Gasteiger charge is -2.38. The Labute approximate surface area is 226 Å². The summed E-state index contributed by atoms with van der Waals surface area (Å²) in [7, 11) is -4.25. The SMILES string of the molecule is C[C@]1(S(=O)(=O)[C@]2(C)C=C[C@@](I)([N+](=O)[O-])C(c3ncc[nH]3)=C2)C=C[C@@](I)([N+](=O)[O-])C(c2ncc[nH]2)=C1.